The van der Waals surface area contributed by atoms with Gasteiger partial charge in [-0.05, 0) is 40.9 Å². The van der Waals surface area contributed by atoms with Crippen LogP contribution in [0.2, 0.25) is 0 Å². The Kier molecular flexibility index (Phi) is 4.71. The summed E-state index contributed by atoms with van der Waals surface area (Å²) in [5, 5.41) is 11.7. The van der Waals surface area contributed by atoms with Crippen molar-refractivity contribution in [2.24, 2.45) is 5.92 Å². The summed E-state index contributed by atoms with van der Waals surface area (Å²) >= 11 is 3.34. The highest BCUT2D eigenvalue weighted by Gasteiger charge is 2.17. The molecule has 90 valence electrons. The van der Waals surface area contributed by atoms with Gasteiger partial charge >= 0.3 is 0 Å². The van der Waals surface area contributed by atoms with E-state index >= 15 is 0 Å². The van der Waals surface area contributed by atoms with Gasteiger partial charge in [-0.25, -0.2) is 0 Å². The molecule has 0 aliphatic rings. The summed E-state index contributed by atoms with van der Waals surface area (Å²) in [4.78, 5) is 12.0. The Morgan fingerprint density at radius 1 is 1.47 bits per heavy atom. The van der Waals surface area contributed by atoms with E-state index in [9.17, 15) is 4.79 Å². The van der Waals surface area contributed by atoms with E-state index in [2.05, 4.69) is 27.3 Å². The molecule has 1 rings (SSSR count). The molecular weight excluding hydrogens is 280 g/mol. The molecule has 0 heterocycles. The molecule has 0 bridgehead atoms. The molecule has 1 unspecified atom stereocenters. The van der Waals surface area contributed by atoms with Gasteiger partial charge in [0.05, 0.1) is 11.6 Å². The number of amides is 1. The molecule has 0 saturated carbocycles. The Morgan fingerprint density at radius 3 is 2.65 bits per heavy atom. The second-order valence-electron chi connectivity index (χ2n) is 4.31. The topological polar surface area (TPSA) is 52.9 Å². The second-order valence-corrected chi connectivity index (χ2v) is 5.16. The third-order valence-electron chi connectivity index (χ3n) is 2.46. The molecule has 0 aliphatic carbocycles. The second kappa shape index (κ2) is 5.83. The van der Waals surface area contributed by atoms with E-state index in [0.717, 1.165) is 10.0 Å². The molecule has 1 N–H and O–H groups in total. The van der Waals surface area contributed by atoms with Gasteiger partial charge < -0.3 is 5.32 Å². The zero-order chi connectivity index (χ0) is 13.0. The molecule has 4 heteroatoms. The monoisotopic (exact) mass is 294 g/mol. The number of hydrogen-bond donors (Lipinski definition) is 1. The molecule has 0 spiro atoms. The van der Waals surface area contributed by atoms with Crippen molar-refractivity contribution in [2.75, 3.05) is 0 Å². The SMILES string of the molecule is Cc1ccc(Br)c(C(=O)NC(C#N)C(C)C)c1. The Morgan fingerprint density at radius 2 is 2.12 bits per heavy atom. The van der Waals surface area contributed by atoms with E-state index in [1.807, 2.05) is 32.9 Å². The van der Waals surface area contributed by atoms with Crippen LogP contribution < -0.4 is 5.32 Å². The Bertz CT molecular complexity index is 463. The molecule has 1 aromatic carbocycles. The summed E-state index contributed by atoms with van der Waals surface area (Å²) in [7, 11) is 0. The van der Waals surface area contributed by atoms with Crippen LogP contribution >= 0.6 is 15.9 Å². The molecular formula is C13H15BrN2O. The first-order chi connectivity index (χ1) is 7.95. The highest BCUT2D eigenvalue weighted by Crippen LogP contribution is 2.18. The van der Waals surface area contributed by atoms with Crippen LogP contribution in [-0.4, -0.2) is 11.9 Å². The molecule has 1 amide bonds. The summed E-state index contributed by atoms with van der Waals surface area (Å²) in [5.74, 6) is -0.131. The molecule has 17 heavy (non-hydrogen) atoms. The van der Waals surface area contributed by atoms with Crippen molar-refractivity contribution in [3.8, 4) is 6.07 Å². The highest BCUT2D eigenvalue weighted by molar-refractivity contribution is 9.10. The number of rotatable bonds is 3. The van der Waals surface area contributed by atoms with E-state index in [1.54, 1.807) is 6.07 Å². The summed E-state index contributed by atoms with van der Waals surface area (Å²) in [5.41, 5.74) is 1.57. The molecule has 1 atom stereocenters. The van der Waals surface area contributed by atoms with Gasteiger partial charge in [0, 0.05) is 4.47 Å². The van der Waals surface area contributed by atoms with E-state index in [-0.39, 0.29) is 11.8 Å². The lowest BCUT2D eigenvalue weighted by atomic mass is 10.0. The number of nitrogens with one attached hydrogen (secondary N) is 1. The van der Waals surface area contributed by atoms with Gasteiger partial charge in [0.2, 0.25) is 0 Å². The van der Waals surface area contributed by atoms with Crippen LogP contribution in [0.3, 0.4) is 0 Å². The van der Waals surface area contributed by atoms with Gasteiger partial charge in [0.15, 0.2) is 0 Å². The predicted molar refractivity (Wildman–Crippen MR) is 70.6 cm³/mol. The Balaban J connectivity index is 2.90. The molecule has 0 aliphatic heterocycles. The lowest BCUT2D eigenvalue weighted by Crippen LogP contribution is -2.37. The number of hydrogen-bond acceptors (Lipinski definition) is 2. The van der Waals surface area contributed by atoms with Crippen LogP contribution in [0.25, 0.3) is 0 Å². The molecule has 0 aromatic heterocycles. The van der Waals surface area contributed by atoms with Crippen LogP contribution in [-0.2, 0) is 0 Å². The molecule has 0 saturated heterocycles. The normalized spacial score (nSPS) is 12.0. The van der Waals surface area contributed by atoms with E-state index in [1.165, 1.54) is 0 Å². The fourth-order valence-corrected chi connectivity index (χ4v) is 1.81. The summed E-state index contributed by atoms with van der Waals surface area (Å²) in [6, 6.07) is 7.18. The minimum atomic E-state index is -0.463. The van der Waals surface area contributed by atoms with Crippen molar-refractivity contribution >= 4 is 21.8 Å². The van der Waals surface area contributed by atoms with E-state index < -0.39 is 6.04 Å². The maximum Gasteiger partial charge on any atom is 0.253 e. The first-order valence-electron chi connectivity index (χ1n) is 5.42. The Hall–Kier alpha value is -1.34. The van der Waals surface area contributed by atoms with Crippen molar-refractivity contribution in [2.45, 2.75) is 26.8 Å². The summed E-state index contributed by atoms with van der Waals surface area (Å²) in [6.07, 6.45) is 0. The number of carbonyl (C=O) groups excluding carboxylic acids is 1. The lowest BCUT2D eigenvalue weighted by Gasteiger charge is -2.15. The highest BCUT2D eigenvalue weighted by atomic mass is 79.9. The summed E-state index contributed by atoms with van der Waals surface area (Å²) in [6.45, 7) is 5.73. The number of carbonyl (C=O) groups is 1. The van der Waals surface area contributed by atoms with Crippen LogP contribution in [0.5, 0.6) is 0 Å². The number of halogens is 1. The Labute approximate surface area is 110 Å². The molecule has 0 radical (unpaired) electrons. The quantitative estimate of drug-likeness (QED) is 0.931. The lowest BCUT2D eigenvalue weighted by molar-refractivity contribution is 0.0937. The number of nitrogens with zero attached hydrogens (tertiary/aromatic N) is 1. The molecule has 3 nitrogen and oxygen atoms in total. The van der Waals surface area contributed by atoms with Gasteiger partial charge in [-0.15, -0.1) is 0 Å². The van der Waals surface area contributed by atoms with Gasteiger partial charge in [-0.1, -0.05) is 25.5 Å². The molecule has 0 fully saturated rings. The van der Waals surface area contributed by atoms with Crippen molar-refractivity contribution in [1.82, 2.24) is 5.32 Å². The zero-order valence-corrected chi connectivity index (χ0v) is 11.7. The standard InChI is InChI=1S/C13H15BrN2O/c1-8(2)12(7-15)16-13(17)10-6-9(3)4-5-11(10)14/h4-6,8,12H,1-3H3,(H,16,17). The number of nitriles is 1. The third-order valence-corrected chi connectivity index (χ3v) is 3.15. The van der Waals surface area contributed by atoms with Crippen molar-refractivity contribution < 1.29 is 4.79 Å². The number of benzene rings is 1. The van der Waals surface area contributed by atoms with Gasteiger partial charge in [-0.3, -0.25) is 4.79 Å². The van der Waals surface area contributed by atoms with Crippen LogP contribution in [0.1, 0.15) is 29.8 Å². The minimum Gasteiger partial charge on any atom is -0.336 e. The minimum absolute atomic E-state index is 0.0903. The number of aryl methyl sites for hydroxylation is 1. The van der Waals surface area contributed by atoms with Gasteiger partial charge in [0.1, 0.15) is 6.04 Å². The van der Waals surface area contributed by atoms with E-state index in [0.29, 0.717) is 5.56 Å². The fraction of sp³-hybridized carbons (Fsp3) is 0.385. The largest absolute Gasteiger partial charge is 0.336 e. The zero-order valence-electron chi connectivity index (χ0n) is 10.1. The van der Waals surface area contributed by atoms with Crippen molar-refractivity contribution in [1.29, 1.82) is 5.26 Å². The predicted octanol–water partition coefficient (Wildman–Crippen LogP) is 3.04. The van der Waals surface area contributed by atoms with Crippen molar-refractivity contribution in [3.63, 3.8) is 0 Å². The third kappa shape index (κ3) is 3.57. The average molecular weight is 295 g/mol. The smallest absolute Gasteiger partial charge is 0.253 e. The van der Waals surface area contributed by atoms with Crippen LogP contribution in [0.4, 0.5) is 0 Å². The summed E-state index contributed by atoms with van der Waals surface area (Å²) < 4.78 is 0.737. The fourth-order valence-electron chi connectivity index (χ4n) is 1.38. The van der Waals surface area contributed by atoms with Crippen molar-refractivity contribution in [3.05, 3.63) is 33.8 Å². The maximum atomic E-state index is 12.0. The molecule has 1 aromatic rings. The first kappa shape index (κ1) is 13.7. The van der Waals surface area contributed by atoms with Gasteiger partial charge in [0.25, 0.3) is 5.91 Å². The maximum absolute atomic E-state index is 12.0. The van der Waals surface area contributed by atoms with Gasteiger partial charge in [-0.2, -0.15) is 5.26 Å². The van der Waals surface area contributed by atoms with Crippen LogP contribution in [0, 0.1) is 24.2 Å². The average Bonchev–Trinajstić information content (AvgIpc) is 2.28. The first-order valence-corrected chi connectivity index (χ1v) is 6.21. The van der Waals surface area contributed by atoms with E-state index in [4.69, 9.17) is 5.26 Å². The van der Waals surface area contributed by atoms with Crippen LogP contribution in [0.15, 0.2) is 22.7 Å².